The second kappa shape index (κ2) is 5.34. The third-order valence-electron chi connectivity index (χ3n) is 5.56. The minimum atomic E-state index is -0.314. The van der Waals surface area contributed by atoms with Gasteiger partial charge in [-0.2, -0.15) is 0 Å². The fourth-order valence-corrected chi connectivity index (χ4v) is 3.95. The number of hydrogen-bond donors (Lipinski definition) is 2. The highest BCUT2D eigenvalue weighted by molar-refractivity contribution is 5.94. The Bertz CT molecular complexity index is 668. The molecule has 1 aliphatic heterocycles. The zero-order valence-electron chi connectivity index (χ0n) is 13.2. The molecule has 0 radical (unpaired) electrons. The van der Waals surface area contributed by atoms with E-state index >= 15 is 0 Å². The maximum atomic E-state index is 12.3. The molecule has 2 N–H and O–H groups in total. The number of nitrogens with zero attached hydrogens (tertiary/aromatic N) is 1. The van der Waals surface area contributed by atoms with E-state index in [9.17, 15) is 14.8 Å². The summed E-state index contributed by atoms with van der Waals surface area (Å²) in [6, 6.07) is 5.64. The van der Waals surface area contributed by atoms with Gasteiger partial charge in [0.1, 0.15) is 0 Å². The molecular formula is C18H22N2O3. The van der Waals surface area contributed by atoms with E-state index in [0.717, 1.165) is 62.1 Å². The van der Waals surface area contributed by atoms with Gasteiger partial charge in [0, 0.05) is 12.1 Å². The lowest BCUT2D eigenvalue weighted by atomic mass is 9.67. The van der Waals surface area contributed by atoms with Crippen molar-refractivity contribution in [3.63, 3.8) is 0 Å². The molecule has 5 heteroatoms. The monoisotopic (exact) mass is 314 g/mol. The van der Waals surface area contributed by atoms with Crippen molar-refractivity contribution in [3.8, 4) is 0 Å². The first kappa shape index (κ1) is 14.7. The number of piperidine rings is 1. The molecule has 2 aliphatic carbocycles. The van der Waals surface area contributed by atoms with Gasteiger partial charge >= 0.3 is 0 Å². The zero-order valence-corrected chi connectivity index (χ0v) is 13.2. The smallest absolute Gasteiger partial charge is 0.277 e. The van der Waals surface area contributed by atoms with E-state index in [0.29, 0.717) is 5.56 Å². The summed E-state index contributed by atoms with van der Waals surface area (Å²) < 4.78 is 0. The van der Waals surface area contributed by atoms with Gasteiger partial charge in [-0.05, 0) is 68.2 Å². The summed E-state index contributed by atoms with van der Waals surface area (Å²) in [6.07, 6.45) is 6.17. The molecule has 0 unspecified atom stereocenters. The molecular weight excluding hydrogens is 292 g/mol. The van der Waals surface area contributed by atoms with E-state index in [4.69, 9.17) is 0 Å². The molecule has 3 aliphatic rings. The van der Waals surface area contributed by atoms with Crippen LogP contribution in [0.15, 0.2) is 18.2 Å². The Balaban J connectivity index is 1.57. The Morgan fingerprint density at radius 2 is 2.09 bits per heavy atom. The van der Waals surface area contributed by atoms with E-state index < -0.39 is 0 Å². The van der Waals surface area contributed by atoms with Crippen molar-refractivity contribution in [1.82, 2.24) is 10.4 Å². The molecule has 1 saturated carbocycles. The van der Waals surface area contributed by atoms with E-state index in [1.54, 1.807) is 6.07 Å². The molecule has 0 aromatic heterocycles. The van der Waals surface area contributed by atoms with Gasteiger partial charge in [-0.25, -0.2) is 5.06 Å². The molecule has 23 heavy (non-hydrogen) atoms. The standard InChI is InChI=1S/C18H22N2O3/c21-16(20(23)15-4-5-15)13-2-3-14-11-18(8-6-12(14)10-13)7-1-9-19-17(18)22/h2-3,10,15,23H,1,4-9,11H2,(H,19,22)/t18-/m1/s1. The number of rotatable bonds is 2. The van der Waals surface area contributed by atoms with E-state index in [2.05, 4.69) is 5.32 Å². The molecule has 122 valence electrons. The molecule has 2 fully saturated rings. The predicted octanol–water partition coefficient (Wildman–Crippen LogP) is 2.07. The van der Waals surface area contributed by atoms with Crippen LogP contribution in [-0.2, 0) is 17.6 Å². The molecule has 5 nitrogen and oxygen atoms in total. The van der Waals surface area contributed by atoms with Gasteiger partial charge in [-0.3, -0.25) is 14.8 Å². The second-order valence-electron chi connectivity index (χ2n) is 7.18. The number of hydrogen-bond acceptors (Lipinski definition) is 3. The SMILES string of the molecule is O=C(c1ccc2c(c1)CC[C@]1(CCCNC1=O)C2)N(O)C1CC1. The molecule has 1 saturated heterocycles. The molecule has 0 bridgehead atoms. The first-order chi connectivity index (χ1) is 11.1. The normalized spacial score (nSPS) is 26.6. The zero-order chi connectivity index (χ0) is 16.0. The van der Waals surface area contributed by atoms with Crippen LogP contribution in [-0.4, -0.2) is 34.7 Å². The Morgan fingerprint density at radius 1 is 1.26 bits per heavy atom. The van der Waals surface area contributed by atoms with Crippen molar-refractivity contribution in [2.24, 2.45) is 5.41 Å². The van der Waals surface area contributed by atoms with Crippen molar-refractivity contribution >= 4 is 11.8 Å². The number of fused-ring (bicyclic) bond motifs is 1. The fourth-order valence-electron chi connectivity index (χ4n) is 3.95. The first-order valence-electron chi connectivity index (χ1n) is 8.52. The minimum absolute atomic E-state index is 0.00673. The van der Waals surface area contributed by atoms with Crippen LogP contribution in [0.1, 0.15) is 53.6 Å². The van der Waals surface area contributed by atoms with Crippen LogP contribution in [0, 0.1) is 5.41 Å². The summed E-state index contributed by atoms with van der Waals surface area (Å²) in [5, 5.41) is 13.8. The average Bonchev–Trinajstić information content (AvgIpc) is 3.41. The van der Waals surface area contributed by atoms with E-state index in [-0.39, 0.29) is 23.3 Å². The topological polar surface area (TPSA) is 69.6 Å². The Morgan fingerprint density at radius 3 is 2.83 bits per heavy atom. The first-order valence-corrected chi connectivity index (χ1v) is 8.52. The summed E-state index contributed by atoms with van der Waals surface area (Å²) >= 11 is 0. The Labute approximate surface area is 135 Å². The van der Waals surface area contributed by atoms with Gasteiger partial charge in [-0.15, -0.1) is 0 Å². The summed E-state index contributed by atoms with van der Waals surface area (Å²) in [5.74, 6) is -0.129. The average molecular weight is 314 g/mol. The highest BCUT2D eigenvalue weighted by Gasteiger charge is 2.42. The van der Waals surface area contributed by atoms with Gasteiger partial charge in [0.25, 0.3) is 5.91 Å². The van der Waals surface area contributed by atoms with Crippen molar-refractivity contribution in [2.45, 2.75) is 51.0 Å². The van der Waals surface area contributed by atoms with Crippen molar-refractivity contribution in [3.05, 3.63) is 34.9 Å². The lowest BCUT2D eigenvalue weighted by Crippen LogP contribution is -2.48. The third-order valence-corrected chi connectivity index (χ3v) is 5.56. The van der Waals surface area contributed by atoms with Crippen molar-refractivity contribution in [1.29, 1.82) is 0 Å². The molecule has 2 amide bonds. The maximum Gasteiger partial charge on any atom is 0.277 e. The number of benzene rings is 1. The number of nitrogens with one attached hydrogen (secondary N) is 1. The second-order valence-corrected chi connectivity index (χ2v) is 7.18. The molecule has 1 aromatic carbocycles. The van der Waals surface area contributed by atoms with Crippen LogP contribution in [0.4, 0.5) is 0 Å². The van der Waals surface area contributed by atoms with Crippen molar-refractivity contribution in [2.75, 3.05) is 6.54 Å². The van der Waals surface area contributed by atoms with Crippen LogP contribution in [0.25, 0.3) is 0 Å². The molecule has 1 aromatic rings. The predicted molar refractivity (Wildman–Crippen MR) is 84.1 cm³/mol. The van der Waals surface area contributed by atoms with Crippen LogP contribution in [0.5, 0.6) is 0 Å². The highest BCUT2D eigenvalue weighted by atomic mass is 16.5. The summed E-state index contributed by atoms with van der Waals surface area (Å²) in [7, 11) is 0. The van der Waals surface area contributed by atoms with Gasteiger partial charge < -0.3 is 5.32 Å². The number of amides is 2. The quantitative estimate of drug-likeness (QED) is 0.648. The minimum Gasteiger partial charge on any atom is -0.356 e. The lowest BCUT2D eigenvalue weighted by Gasteiger charge is -2.40. The number of aryl methyl sites for hydroxylation is 1. The van der Waals surface area contributed by atoms with E-state index in [1.165, 1.54) is 5.56 Å². The Kier molecular flexibility index (Phi) is 3.41. The van der Waals surface area contributed by atoms with Gasteiger partial charge in [0.15, 0.2) is 0 Å². The third kappa shape index (κ3) is 2.53. The van der Waals surface area contributed by atoms with Gasteiger partial charge in [-0.1, -0.05) is 6.07 Å². The molecule has 1 spiro atoms. The maximum absolute atomic E-state index is 12.3. The fraction of sp³-hybridized carbons (Fsp3) is 0.556. The highest BCUT2D eigenvalue weighted by Crippen LogP contribution is 2.41. The van der Waals surface area contributed by atoms with E-state index in [1.807, 2.05) is 12.1 Å². The van der Waals surface area contributed by atoms with Gasteiger partial charge in [0.2, 0.25) is 5.91 Å². The molecule has 1 heterocycles. The summed E-state index contributed by atoms with van der Waals surface area (Å²) in [6.45, 7) is 0.786. The molecule has 1 atom stereocenters. The van der Waals surface area contributed by atoms with Crippen LogP contribution in [0.2, 0.25) is 0 Å². The summed E-state index contributed by atoms with van der Waals surface area (Å²) in [5.41, 5.74) is 2.60. The number of carbonyl (C=O) groups excluding carboxylic acids is 2. The van der Waals surface area contributed by atoms with Crippen LogP contribution < -0.4 is 5.32 Å². The summed E-state index contributed by atoms with van der Waals surface area (Å²) in [4.78, 5) is 24.6. The van der Waals surface area contributed by atoms with Crippen LogP contribution >= 0.6 is 0 Å². The lowest BCUT2D eigenvalue weighted by molar-refractivity contribution is -0.134. The van der Waals surface area contributed by atoms with Crippen molar-refractivity contribution < 1.29 is 14.8 Å². The number of hydroxylamine groups is 2. The van der Waals surface area contributed by atoms with Gasteiger partial charge in [0.05, 0.1) is 11.5 Å². The molecule has 4 rings (SSSR count). The number of carbonyl (C=O) groups is 2. The Hall–Kier alpha value is -1.88. The van der Waals surface area contributed by atoms with Crippen LogP contribution in [0.3, 0.4) is 0 Å². The largest absolute Gasteiger partial charge is 0.356 e.